The van der Waals surface area contributed by atoms with Gasteiger partial charge in [0.25, 0.3) is 15.9 Å². The summed E-state index contributed by atoms with van der Waals surface area (Å²) in [7, 11) is -4.01. The highest BCUT2D eigenvalue weighted by atomic mass is 35.5. The van der Waals surface area contributed by atoms with Gasteiger partial charge in [-0.25, -0.2) is 18.1 Å². The molecule has 0 unspecified atom stereocenters. The summed E-state index contributed by atoms with van der Waals surface area (Å²) in [5, 5.41) is 0.511. The number of benzene rings is 3. The number of carbonyl (C=O) groups is 1. The van der Waals surface area contributed by atoms with E-state index in [1.807, 2.05) is 49.4 Å². The zero-order valence-electron chi connectivity index (χ0n) is 19.2. The second kappa shape index (κ2) is 10.3. The standard InChI is InChI=1S/C26H24ClN3O4S/c1-18-8-12-23(13-9-18)35(32,33)29-26(31)25-16-30(19(2)28-25)15-21-10-11-22(14-24(21)27)34-17-20-6-4-3-5-7-20/h3-14,16H,15,17H2,1-2H3,(H,29,31). The third-order valence-corrected chi connectivity index (χ3v) is 7.08. The summed E-state index contributed by atoms with van der Waals surface area (Å²) < 4.78 is 34.7. The number of rotatable bonds is 8. The molecular formula is C26H24ClN3O4S. The van der Waals surface area contributed by atoms with Crippen LogP contribution in [0.5, 0.6) is 5.75 Å². The molecule has 1 amide bonds. The first-order valence-electron chi connectivity index (χ1n) is 10.8. The van der Waals surface area contributed by atoms with E-state index in [4.69, 9.17) is 16.3 Å². The first-order valence-corrected chi connectivity index (χ1v) is 12.7. The van der Waals surface area contributed by atoms with Crippen molar-refractivity contribution in [3.63, 3.8) is 0 Å². The van der Waals surface area contributed by atoms with Gasteiger partial charge in [-0.05, 0) is 49.2 Å². The molecule has 0 fully saturated rings. The molecule has 35 heavy (non-hydrogen) atoms. The molecule has 0 saturated carbocycles. The third kappa shape index (κ3) is 6.09. The van der Waals surface area contributed by atoms with E-state index < -0.39 is 15.9 Å². The van der Waals surface area contributed by atoms with E-state index in [2.05, 4.69) is 9.71 Å². The Hall–Kier alpha value is -3.62. The van der Waals surface area contributed by atoms with Crippen LogP contribution in [-0.2, 0) is 23.2 Å². The van der Waals surface area contributed by atoms with E-state index in [0.717, 1.165) is 16.7 Å². The number of nitrogens with zero attached hydrogens (tertiary/aromatic N) is 2. The van der Waals surface area contributed by atoms with Gasteiger partial charge in [-0.1, -0.05) is 65.7 Å². The normalized spacial score (nSPS) is 11.3. The Morgan fingerprint density at radius 2 is 1.74 bits per heavy atom. The lowest BCUT2D eigenvalue weighted by Crippen LogP contribution is -2.30. The molecule has 1 N–H and O–H groups in total. The van der Waals surface area contributed by atoms with Crippen molar-refractivity contribution in [3.05, 3.63) is 112 Å². The Labute approximate surface area is 209 Å². The highest BCUT2D eigenvalue weighted by Gasteiger charge is 2.21. The average Bonchev–Trinajstić information content (AvgIpc) is 3.20. The summed E-state index contributed by atoms with van der Waals surface area (Å²) in [6.07, 6.45) is 1.51. The van der Waals surface area contributed by atoms with Gasteiger partial charge in [-0.2, -0.15) is 0 Å². The van der Waals surface area contributed by atoms with Crippen LogP contribution in [0.1, 0.15) is 33.0 Å². The van der Waals surface area contributed by atoms with Crippen LogP contribution in [0, 0.1) is 13.8 Å². The number of halogens is 1. The Morgan fingerprint density at radius 1 is 1.03 bits per heavy atom. The molecule has 1 heterocycles. The molecule has 0 aliphatic rings. The zero-order valence-corrected chi connectivity index (χ0v) is 20.8. The van der Waals surface area contributed by atoms with Crippen LogP contribution < -0.4 is 9.46 Å². The zero-order chi connectivity index (χ0) is 25.0. The van der Waals surface area contributed by atoms with E-state index in [-0.39, 0.29) is 10.6 Å². The molecule has 3 aromatic carbocycles. The molecular weight excluding hydrogens is 486 g/mol. The fraction of sp³-hybridized carbons (Fsp3) is 0.154. The van der Waals surface area contributed by atoms with E-state index in [1.165, 1.54) is 18.3 Å². The molecule has 4 rings (SSSR count). The van der Waals surface area contributed by atoms with E-state index in [1.54, 1.807) is 29.7 Å². The summed E-state index contributed by atoms with van der Waals surface area (Å²) in [5.74, 6) is 0.387. The van der Waals surface area contributed by atoms with Crippen molar-refractivity contribution >= 4 is 27.5 Å². The van der Waals surface area contributed by atoms with Gasteiger partial charge in [0.2, 0.25) is 0 Å². The molecule has 0 bridgehead atoms. The van der Waals surface area contributed by atoms with Crippen LogP contribution in [0.3, 0.4) is 0 Å². The van der Waals surface area contributed by atoms with Gasteiger partial charge in [0.1, 0.15) is 23.9 Å². The number of hydrogen-bond donors (Lipinski definition) is 1. The van der Waals surface area contributed by atoms with Crippen LogP contribution >= 0.6 is 11.6 Å². The molecule has 0 spiro atoms. The fourth-order valence-electron chi connectivity index (χ4n) is 3.40. The molecule has 0 aliphatic carbocycles. The van der Waals surface area contributed by atoms with Crippen molar-refractivity contribution in [2.45, 2.75) is 31.9 Å². The molecule has 4 aromatic rings. The smallest absolute Gasteiger partial charge is 0.285 e. The Balaban J connectivity index is 1.43. The SMILES string of the molecule is Cc1ccc(S(=O)(=O)NC(=O)c2cn(Cc3ccc(OCc4ccccc4)cc3Cl)c(C)n2)cc1. The van der Waals surface area contributed by atoms with Crippen LogP contribution in [0.25, 0.3) is 0 Å². The first kappa shape index (κ1) is 24.5. The Morgan fingerprint density at radius 3 is 2.43 bits per heavy atom. The summed E-state index contributed by atoms with van der Waals surface area (Å²) in [6.45, 7) is 4.37. The number of aromatic nitrogens is 2. The predicted octanol–water partition coefficient (Wildman–Crippen LogP) is 4.90. The molecule has 7 nitrogen and oxygen atoms in total. The van der Waals surface area contributed by atoms with Gasteiger partial charge < -0.3 is 9.30 Å². The number of carbonyl (C=O) groups excluding carboxylic acids is 1. The third-order valence-electron chi connectivity index (χ3n) is 5.38. The van der Waals surface area contributed by atoms with Crippen molar-refractivity contribution in [2.75, 3.05) is 0 Å². The van der Waals surface area contributed by atoms with Gasteiger partial charge >= 0.3 is 0 Å². The quantitative estimate of drug-likeness (QED) is 0.365. The molecule has 9 heteroatoms. The summed E-state index contributed by atoms with van der Waals surface area (Å²) in [6, 6.07) is 21.5. The van der Waals surface area contributed by atoms with E-state index in [0.29, 0.717) is 29.7 Å². The minimum Gasteiger partial charge on any atom is -0.489 e. The van der Waals surface area contributed by atoms with Crippen molar-refractivity contribution in [2.24, 2.45) is 0 Å². The van der Waals surface area contributed by atoms with Crippen molar-refractivity contribution in [1.82, 2.24) is 14.3 Å². The molecule has 0 aliphatic heterocycles. The maximum absolute atomic E-state index is 12.6. The maximum Gasteiger partial charge on any atom is 0.285 e. The Kier molecular flexibility index (Phi) is 7.23. The topological polar surface area (TPSA) is 90.3 Å². The highest BCUT2D eigenvalue weighted by Crippen LogP contribution is 2.25. The van der Waals surface area contributed by atoms with Crippen molar-refractivity contribution in [3.8, 4) is 5.75 Å². The summed E-state index contributed by atoms with van der Waals surface area (Å²) >= 11 is 6.48. The largest absolute Gasteiger partial charge is 0.489 e. The minimum atomic E-state index is -4.01. The second-order valence-corrected chi connectivity index (χ2v) is 10.2. The molecule has 0 radical (unpaired) electrons. The molecule has 1 aromatic heterocycles. The summed E-state index contributed by atoms with van der Waals surface area (Å²) in [5.41, 5.74) is 2.77. The average molecular weight is 510 g/mol. The lowest BCUT2D eigenvalue weighted by atomic mass is 10.2. The number of imidazole rings is 1. The lowest BCUT2D eigenvalue weighted by Gasteiger charge is -2.11. The van der Waals surface area contributed by atoms with Gasteiger partial charge in [0, 0.05) is 11.2 Å². The van der Waals surface area contributed by atoms with Crippen molar-refractivity contribution in [1.29, 1.82) is 0 Å². The fourth-order valence-corrected chi connectivity index (χ4v) is 4.59. The van der Waals surface area contributed by atoms with Crippen LogP contribution in [0.15, 0.2) is 83.9 Å². The van der Waals surface area contributed by atoms with Gasteiger partial charge in [0.05, 0.1) is 11.4 Å². The maximum atomic E-state index is 12.6. The van der Waals surface area contributed by atoms with E-state index >= 15 is 0 Å². The summed E-state index contributed by atoms with van der Waals surface area (Å²) in [4.78, 5) is 16.8. The Bertz CT molecular complexity index is 1450. The van der Waals surface area contributed by atoms with Gasteiger partial charge in [-0.15, -0.1) is 0 Å². The molecule has 0 saturated heterocycles. The minimum absolute atomic E-state index is 0.00266. The monoisotopic (exact) mass is 509 g/mol. The van der Waals surface area contributed by atoms with Crippen LogP contribution in [0.2, 0.25) is 5.02 Å². The number of amides is 1. The molecule has 180 valence electrons. The number of ether oxygens (including phenoxy) is 1. The van der Waals surface area contributed by atoms with Crippen LogP contribution in [-0.4, -0.2) is 23.9 Å². The predicted molar refractivity (Wildman–Crippen MR) is 134 cm³/mol. The lowest BCUT2D eigenvalue weighted by molar-refractivity contribution is 0.0977. The second-order valence-electron chi connectivity index (χ2n) is 8.08. The number of nitrogens with one attached hydrogen (secondary N) is 1. The van der Waals surface area contributed by atoms with E-state index in [9.17, 15) is 13.2 Å². The first-order chi connectivity index (χ1) is 16.7. The highest BCUT2D eigenvalue weighted by molar-refractivity contribution is 7.90. The molecule has 0 atom stereocenters. The number of aryl methyl sites for hydroxylation is 2. The van der Waals surface area contributed by atoms with Crippen molar-refractivity contribution < 1.29 is 17.9 Å². The number of hydrogen-bond acceptors (Lipinski definition) is 5. The number of sulfonamides is 1. The van der Waals surface area contributed by atoms with Gasteiger partial charge in [0.15, 0.2) is 0 Å². The van der Waals surface area contributed by atoms with Gasteiger partial charge in [-0.3, -0.25) is 4.79 Å². The van der Waals surface area contributed by atoms with Crippen LogP contribution in [0.4, 0.5) is 0 Å².